The van der Waals surface area contributed by atoms with E-state index < -0.39 is 18.1 Å². The number of hydrogen-bond acceptors (Lipinski definition) is 4. The molecular formula is C30H35F3N2O3. The number of aliphatic carboxylic acids is 1. The van der Waals surface area contributed by atoms with Crippen LogP contribution < -0.4 is 4.74 Å². The molecule has 1 aliphatic carbocycles. The van der Waals surface area contributed by atoms with Gasteiger partial charge < -0.3 is 9.84 Å². The molecule has 3 fully saturated rings. The molecule has 204 valence electrons. The number of rotatable bonds is 6. The largest absolute Gasteiger partial charge is 0.489 e. The number of benzene rings is 2. The number of carboxylic acids is 1. The third-order valence-electron chi connectivity index (χ3n) is 9.06. The zero-order valence-corrected chi connectivity index (χ0v) is 21.7. The Labute approximate surface area is 221 Å². The summed E-state index contributed by atoms with van der Waals surface area (Å²) in [4.78, 5) is 14.3. The van der Waals surface area contributed by atoms with E-state index in [4.69, 9.17) is 4.74 Å². The van der Waals surface area contributed by atoms with Gasteiger partial charge in [0.05, 0.1) is 17.9 Å². The monoisotopic (exact) mass is 528 g/mol. The minimum atomic E-state index is -4.17. The summed E-state index contributed by atoms with van der Waals surface area (Å²) in [5.74, 6) is -1.83. The minimum absolute atomic E-state index is 0.0485. The van der Waals surface area contributed by atoms with Crippen molar-refractivity contribution in [3.63, 3.8) is 0 Å². The molecule has 8 heteroatoms. The summed E-state index contributed by atoms with van der Waals surface area (Å²) in [7, 11) is 0. The average Bonchev–Trinajstić information content (AvgIpc) is 2.88. The fourth-order valence-electron chi connectivity index (χ4n) is 7.17. The zero-order chi connectivity index (χ0) is 27.0. The van der Waals surface area contributed by atoms with Crippen molar-refractivity contribution in [1.82, 2.24) is 4.90 Å². The molecule has 38 heavy (non-hydrogen) atoms. The number of fused-ring (bicyclic) bond motifs is 3. The smallest absolute Gasteiger partial charge is 0.391 e. The first-order valence-electron chi connectivity index (χ1n) is 13.9. The predicted molar refractivity (Wildman–Crippen MR) is 138 cm³/mol. The number of nitriles is 1. The normalized spacial score (nSPS) is 29.0. The summed E-state index contributed by atoms with van der Waals surface area (Å²) >= 11 is 0. The Hall–Kier alpha value is -2.79. The van der Waals surface area contributed by atoms with Crippen LogP contribution in [0.4, 0.5) is 13.2 Å². The Balaban J connectivity index is 1.41. The van der Waals surface area contributed by atoms with Crippen LogP contribution in [0.25, 0.3) is 10.8 Å². The van der Waals surface area contributed by atoms with Gasteiger partial charge in [0.1, 0.15) is 17.4 Å². The molecule has 2 bridgehead atoms. The Bertz CT molecular complexity index is 1200. The van der Waals surface area contributed by atoms with Gasteiger partial charge in [-0.2, -0.15) is 18.4 Å². The summed E-state index contributed by atoms with van der Waals surface area (Å²) in [6.07, 6.45) is 1.58. The van der Waals surface area contributed by atoms with Crippen molar-refractivity contribution < 1.29 is 27.8 Å². The molecule has 5 rings (SSSR count). The van der Waals surface area contributed by atoms with E-state index in [9.17, 15) is 28.3 Å². The van der Waals surface area contributed by atoms with Gasteiger partial charge in [0.2, 0.25) is 0 Å². The van der Waals surface area contributed by atoms with Crippen molar-refractivity contribution in [2.75, 3.05) is 0 Å². The SMILES string of the molecule is CCC(c1ccc2ccc(OC3CCC(C(F)(F)F)CC3)c(C#N)c2c1)N1C2CCCC1CC(C(=O)O)C2. The topological polar surface area (TPSA) is 73.6 Å². The van der Waals surface area contributed by atoms with Gasteiger partial charge >= 0.3 is 12.1 Å². The summed E-state index contributed by atoms with van der Waals surface area (Å²) in [5, 5.41) is 21.4. The standard InChI is InChI=1S/C30H35F3N2O3/c1-2-27(35-22-4-3-5-23(35)15-20(14-22)29(36)37)19-7-6-18-8-13-28(26(17-34)25(18)16-19)38-24-11-9-21(10-12-24)30(31,32)33/h6-8,13,16,20-24,27H,2-5,9-12,14-15H2,1H3,(H,36,37). The van der Waals surface area contributed by atoms with E-state index >= 15 is 0 Å². The number of hydrogen-bond donors (Lipinski definition) is 1. The third kappa shape index (κ3) is 5.22. The first kappa shape index (κ1) is 26.8. The second-order valence-corrected chi connectivity index (χ2v) is 11.3. The lowest BCUT2D eigenvalue weighted by molar-refractivity contribution is -0.185. The second-order valence-electron chi connectivity index (χ2n) is 11.3. The van der Waals surface area contributed by atoms with Crippen LogP contribution in [0.1, 0.15) is 88.3 Å². The van der Waals surface area contributed by atoms with Crippen LogP contribution in [0.2, 0.25) is 0 Å². The molecule has 2 aromatic carbocycles. The van der Waals surface area contributed by atoms with E-state index in [0.717, 1.165) is 42.0 Å². The lowest BCUT2D eigenvalue weighted by atomic mass is 9.76. The van der Waals surface area contributed by atoms with Gasteiger partial charge in [-0.15, -0.1) is 0 Å². The lowest BCUT2D eigenvalue weighted by Crippen LogP contribution is -2.54. The number of carboxylic acid groups (broad SMARTS) is 1. The molecule has 0 aromatic heterocycles. The van der Waals surface area contributed by atoms with E-state index in [1.54, 1.807) is 6.07 Å². The number of carbonyl (C=O) groups is 1. The molecule has 0 spiro atoms. The predicted octanol–water partition coefficient (Wildman–Crippen LogP) is 7.38. The fraction of sp³-hybridized carbons (Fsp3) is 0.600. The number of halogens is 3. The van der Waals surface area contributed by atoms with Gasteiger partial charge in [-0.25, -0.2) is 0 Å². The first-order valence-corrected chi connectivity index (χ1v) is 13.9. The maximum absolute atomic E-state index is 13.1. The fourth-order valence-corrected chi connectivity index (χ4v) is 7.17. The van der Waals surface area contributed by atoms with E-state index in [1.807, 2.05) is 12.1 Å². The molecule has 0 radical (unpaired) electrons. The quantitative estimate of drug-likeness (QED) is 0.423. The number of alkyl halides is 3. The van der Waals surface area contributed by atoms with E-state index in [-0.39, 0.29) is 43.0 Å². The highest BCUT2D eigenvalue weighted by atomic mass is 19.4. The van der Waals surface area contributed by atoms with Gasteiger partial charge in [0.15, 0.2) is 0 Å². The molecule has 3 aliphatic rings. The molecule has 2 aromatic rings. The van der Waals surface area contributed by atoms with Crippen LogP contribution in [-0.2, 0) is 4.79 Å². The van der Waals surface area contributed by atoms with Crippen LogP contribution in [-0.4, -0.2) is 40.3 Å². The van der Waals surface area contributed by atoms with Crippen LogP contribution in [0.5, 0.6) is 5.75 Å². The highest BCUT2D eigenvalue weighted by molar-refractivity contribution is 5.90. The molecule has 2 heterocycles. The van der Waals surface area contributed by atoms with Gasteiger partial charge in [-0.05, 0) is 80.9 Å². The summed E-state index contributed by atoms with van der Waals surface area (Å²) in [6, 6.07) is 12.8. The molecule has 1 saturated carbocycles. The number of piperidine rings is 2. The van der Waals surface area contributed by atoms with Gasteiger partial charge in [0.25, 0.3) is 0 Å². The van der Waals surface area contributed by atoms with Gasteiger partial charge in [0, 0.05) is 23.5 Å². The Morgan fingerprint density at radius 2 is 1.76 bits per heavy atom. The molecule has 3 atom stereocenters. The number of ether oxygens (including phenoxy) is 1. The molecule has 3 unspecified atom stereocenters. The van der Waals surface area contributed by atoms with Crippen LogP contribution in [0, 0.1) is 23.2 Å². The summed E-state index contributed by atoms with van der Waals surface area (Å²) < 4.78 is 45.3. The Kier molecular flexibility index (Phi) is 7.59. The van der Waals surface area contributed by atoms with E-state index in [0.29, 0.717) is 37.0 Å². The molecule has 1 N–H and O–H groups in total. The number of nitrogens with zero attached hydrogens (tertiary/aromatic N) is 2. The first-order chi connectivity index (χ1) is 18.2. The van der Waals surface area contributed by atoms with E-state index in [2.05, 4.69) is 30.0 Å². The molecule has 0 amide bonds. The van der Waals surface area contributed by atoms with Crippen molar-refractivity contribution in [2.24, 2.45) is 11.8 Å². The summed E-state index contributed by atoms with van der Waals surface area (Å²) in [6.45, 7) is 2.15. The highest BCUT2D eigenvalue weighted by Crippen LogP contribution is 2.44. The molecule has 5 nitrogen and oxygen atoms in total. The Morgan fingerprint density at radius 3 is 2.34 bits per heavy atom. The summed E-state index contributed by atoms with van der Waals surface area (Å²) in [5.41, 5.74) is 1.52. The second kappa shape index (κ2) is 10.8. The minimum Gasteiger partial charge on any atom is -0.489 e. The van der Waals surface area contributed by atoms with Crippen molar-refractivity contribution in [3.05, 3.63) is 41.5 Å². The van der Waals surface area contributed by atoms with Gasteiger partial charge in [-0.3, -0.25) is 9.69 Å². The molecule has 2 saturated heterocycles. The average molecular weight is 529 g/mol. The van der Waals surface area contributed by atoms with Crippen LogP contribution in [0.15, 0.2) is 30.3 Å². The molecular weight excluding hydrogens is 493 g/mol. The van der Waals surface area contributed by atoms with Gasteiger partial charge in [-0.1, -0.05) is 31.5 Å². The zero-order valence-electron chi connectivity index (χ0n) is 21.7. The van der Waals surface area contributed by atoms with E-state index in [1.165, 1.54) is 0 Å². The van der Waals surface area contributed by atoms with Crippen molar-refractivity contribution in [3.8, 4) is 11.8 Å². The molecule has 2 aliphatic heterocycles. The van der Waals surface area contributed by atoms with Crippen molar-refractivity contribution in [2.45, 2.75) is 102 Å². The highest BCUT2D eigenvalue weighted by Gasteiger charge is 2.44. The van der Waals surface area contributed by atoms with Crippen molar-refractivity contribution in [1.29, 1.82) is 5.26 Å². The van der Waals surface area contributed by atoms with Crippen LogP contribution in [0.3, 0.4) is 0 Å². The maximum Gasteiger partial charge on any atom is 0.391 e. The van der Waals surface area contributed by atoms with Crippen molar-refractivity contribution >= 4 is 16.7 Å². The van der Waals surface area contributed by atoms with Crippen LogP contribution >= 0.6 is 0 Å². The Morgan fingerprint density at radius 1 is 1.11 bits per heavy atom. The maximum atomic E-state index is 13.1. The third-order valence-corrected chi connectivity index (χ3v) is 9.06. The lowest BCUT2D eigenvalue weighted by Gasteiger charge is -2.51.